The molecule has 0 saturated carbocycles. The third-order valence-corrected chi connectivity index (χ3v) is 5.95. The third kappa shape index (κ3) is 3.53. The van der Waals surface area contributed by atoms with Crippen molar-refractivity contribution in [3.05, 3.63) is 59.4 Å². The largest absolute Gasteiger partial charge is 0.366 e. The van der Waals surface area contributed by atoms with Crippen molar-refractivity contribution in [1.29, 1.82) is 0 Å². The molecule has 3 rings (SSSR count). The van der Waals surface area contributed by atoms with Crippen molar-refractivity contribution in [2.45, 2.75) is 9.10 Å². The number of carbonyl (C=O) groups is 2. The number of hydrogen-bond donors (Lipinski definition) is 3. The van der Waals surface area contributed by atoms with Crippen LogP contribution in [-0.2, 0) is 10.8 Å². The van der Waals surface area contributed by atoms with Crippen molar-refractivity contribution in [3.63, 3.8) is 0 Å². The Balaban J connectivity index is 1.93. The molecule has 2 aromatic heterocycles. The Bertz CT molecular complexity index is 1020. The first kappa shape index (κ1) is 17.9. The zero-order valence-corrected chi connectivity index (χ0v) is 14.4. The number of hydrogen-bond acceptors (Lipinski definition) is 5. The maximum Gasteiger partial charge on any atom is 0.274 e. The first-order valence-corrected chi connectivity index (χ1v) is 8.94. The standard InChI is InChI=1S/C15H10F2N4O3S2/c16-9-2-1-7(5-10(9)17)26(24)12-6-8(13(18)22)15(25-12)20-14(23)11-3-4-19-21-11/h1-6H,(H2,18,22)(H,19,21)(H,20,23). The van der Waals surface area contributed by atoms with Crippen molar-refractivity contribution >= 4 is 39.0 Å². The highest BCUT2D eigenvalue weighted by molar-refractivity contribution is 7.87. The molecule has 4 N–H and O–H groups in total. The van der Waals surface area contributed by atoms with Crippen LogP contribution in [-0.4, -0.2) is 26.2 Å². The lowest BCUT2D eigenvalue weighted by molar-refractivity contribution is 0.100. The molecule has 2 heterocycles. The highest BCUT2D eigenvalue weighted by Crippen LogP contribution is 2.33. The van der Waals surface area contributed by atoms with Crippen LogP contribution in [0.4, 0.5) is 13.8 Å². The molecule has 1 aromatic carbocycles. The molecule has 7 nitrogen and oxygen atoms in total. The molecule has 0 aliphatic rings. The smallest absolute Gasteiger partial charge is 0.274 e. The van der Waals surface area contributed by atoms with Crippen molar-refractivity contribution in [2.75, 3.05) is 5.32 Å². The van der Waals surface area contributed by atoms with E-state index in [9.17, 15) is 22.6 Å². The number of anilines is 1. The SMILES string of the molecule is NC(=O)c1cc(S(=O)c2ccc(F)c(F)c2)sc1NC(=O)c1ccn[nH]1. The Labute approximate surface area is 151 Å². The molecule has 0 radical (unpaired) electrons. The van der Waals surface area contributed by atoms with Gasteiger partial charge in [0.25, 0.3) is 11.8 Å². The van der Waals surface area contributed by atoms with Gasteiger partial charge in [0.1, 0.15) is 10.7 Å². The van der Waals surface area contributed by atoms with Crippen molar-refractivity contribution in [2.24, 2.45) is 5.73 Å². The summed E-state index contributed by atoms with van der Waals surface area (Å²) in [5, 5.41) is 8.67. The number of H-pyrrole nitrogens is 1. The number of nitrogens with zero attached hydrogens (tertiary/aromatic N) is 1. The molecule has 134 valence electrons. The average Bonchev–Trinajstić information content (AvgIpc) is 3.26. The number of primary amides is 1. The zero-order chi connectivity index (χ0) is 18.8. The molecule has 0 spiro atoms. The summed E-state index contributed by atoms with van der Waals surface area (Å²) in [6.45, 7) is 0. The number of halogens is 2. The van der Waals surface area contributed by atoms with Gasteiger partial charge < -0.3 is 11.1 Å². The van der Waals surface area contributed by atoms with Gasteiger partial charge in [0.15, 0.2) is 11.6 Å². The summed E-state index contributed by atoms with van der Waals surface area (Å²) in [5.74, 6) is -3.62. The predicted octanol–water partition coefficient (Wildman–Crippen LogP) is 2.27. The lowest BCUT2D eigenvalue weighted by atomic mass is 10.3. The first-order chi connectivity index (χ1) is 12.4. The van der Waals surface area contributed by atoms with Crippen LogP contribution in [0.15, 0.2) is 45.6 Å². The summed E-state index contributed by atoms with van der Waals surface area (Å²) in [6, 6.07) is 5.49. The van der Waals surface area contributed by atoms with E-state index in [1.54, 1.807) is 0 Å². The zero-order valence-electron chi connectivity index (χ0n) is 12.8. The molecule has 11 heteroatoms. The van der Waals surface area contributed by atoms with Crippen molar-refractivity contribution in [3.8, 4) is 0 Å². The average molecular weight is 396 g/mol. The van der Waals surface area contributed by atoms with Gasteiger partial charge in [-0.05, 0) is 30.3 Å². The van der Waals surface area contributed by atoms with Crippen LogP contribution in [0, 0.1) is 11.6 Å². The minimum atomic E-state index is -1.89. The maximum absolute atomic E-state index is 13.4. The summed E-state index contributed by atoms with van der Waals surface area (Å²) in [7, 11) is -1.89. The van der Waals surface area contributed by atoms with Crippen LogP contribution in [0.3, 0.4) is 0 Å². The second-order valence-electron chi connectivity index (χ2n) is 4.94. The number of thiophene rings is 1. The highest BCUT2D eigenvalue weighted by atomic mass is 32.2. The quantitative estimate of drug-likeness (QED) is 0.613. The summed E-state index contributed by atoms with van der Waals surface area (Å²) >= 11 is 0.843. The van der Waals surface area contributed by atoms with E-state index >= 15 is 0 Å². The molecule has 0 bridgehead atoms. The second kappa shape index (κ2) is 7.14. The summed E-state index contributed by atoms with van der Waals surface area (Å²) in [4.78, 5) is 23.7. The van der Waals surface area contributed by atoms with E-state index in [2.05, 4.69) is 15.5 Å². The summed E-state index contributed by atoms with van der Waals surface area (Å²) in [5.41, 5.74) is 5.40. The van der Waals surface area contributed by atoms with E-state index in [1.807, 2.05) is 0 Å². The fraction of sp³-hybridized carbons (Fsp3) is 0. The van der Waals surface area contributed by atoms with Crippen molar-refractivity contribution < 1.29 is 22.6 Å². The predicted molar refractivity (Wildman–Crippen MR) is 90.4 cm³/mol. The molecule has 3 aromatic rings. The fourth-order valence-corrected chi connectivity index (χ4v) is 4.49. The van der Waals surface area contributed by atoms with Gasteiger partial charge in [-0.15, -0.1) is 11.3 Å². The molecule has 0 fully saturated rings. The Morgan fingerprint density at radius 1 is 1.19 bits per heavy atom. The first-order valence-electron chi connectivity index (χ1n) is 6.98. The number of nitrogens with one attached hydrogen (secondary N) is 2. The molecule has 0 aliphatic carbocycles. The van der Waals surface area contributed by atoms with Crippen LogP contribution in [0.5, 0.6) is 0 Å². The van der Waals surface area contributed by atoms with Crippen LogP contribution >= 0.6 is 11.3 Å². The molecule has 2 amide bonds. The van der Waals surface area contributed by atoms with Gasteiger partial charge in [-0.2, -0.15) is 5.10 Å². The lowest BCUT2D eigenvalue weighted by Crippen LogP contribution is -2.16. The normalized spacial score (nSPS) is 11.9. The molecule has 1 atom stereocenters. The van der Waals surface area contributed by atoms with Crippen LogP contribution < -0.4 is 11.1 Å². The van der Waals surface area contributed by atoms with Gasteiger partial charge in [0.2, 0.25) is 0 Å². The molecule has 26 heavy (non-hydrogen) atoms. The molecule has 0 aliphatic heterocycles. The third-order valence-electron chi connectivity index (χ3n) is 3.24. The van der Waals surface area contributed by atoms with E-state index in [0.29, 0.717) is 0 Å². The van der Waals surface area contributed by atoms with Gasteiger partial charge in [-0.3, -0.25) is 14.7 Å². The number of aromatic nitrogens is 2. The maximum atomic E-state index is 13.4. The van der Waals surface area contributed by atoms with Crippen molar-refractivity contribution in [1.82, 2.24) is 10.2 Å². The minimum absolute atomic E-state index is 0.00705. The van der Waals surface area contributed by atoms with Gasteiger partial charge in [-0.25, -0.2) is 13.0 Å². The Morgan fingerprint density at radius 2 is 1.96 bits per heavy atom. The Morgan fingerprint density at radius 3 is 2.58 bits per heavy atom. The van der Waals surface area contributed by atoms with Gasteiger partial charge in [0.05, 0.1) is 20.6 Å². The van der Waals surface area contributed by atoms with Crippen LogP contribution in [0.2, 0.25) is 0 Å². The number of rotatable bonds is 5. The van der Waals surface area contributed by atoms with E-state index in [1.165, 1.54) is 24.4 Å². The van der Waals surface area contributed by atoms with Crippen LogP contribution in [0.25, 0.3) is 0 Å². The number of carbonyl (C=O) groups excluding carboxylic acids is 2. The number of aromatic amines is 1. The second-order valence-corrected chi connectivity index (χ2v) is 7.70. The van der Waals surface area contributed by atoms with E-state index in [-0.39, 0.29) is 25.4 Å². The van der Waals surface area contributed by atoms with Gasteiger partial charge in [-0.1, -0.05) is 0 Å². The minimum Gasteiger partial charge on any atom is -0.366 e. The molecule has 1 unspecified atom stereocenters. The molecular formula is C15H10F2N4O3S2. The highest BCUT2D eigenvalue weighted by Gasteiger charge is 2.21. The molecular weight excluding hydrogens is 386 g/mol. The van der Waals surface area contributed by atoms with E-state index in [0.717, 1.165) is 23.5 Å². The molecule has 0 saturated heterocycles. The van der Waals surface area contributed by atoms with Crippen LogP contribution in [0.1, 0.15) is 20.8 Å². The number of nitrogens with two attached hydrogens (primary N) is 1. The number of amides is 2. The topological polar surface area (TPSA) is 118 Å². The Hall–Kier alpha value is -2.92. The van der Waals surface area contributed by atoms with Gasteiger partial charge >= 0.3 is 0 Å². The Kier molecular flexibility index (Phi) is 4.91. The summed E-state index contributed by atoms with van der Waals surface area (Å²) < 4.78 is 39.1. The monoisotopic (exact) mass is 396 g/mol. The number of benzene rings is 1. The fourth-order valence-electron chi connectivity index (χ4n) is 2.00. The van der Waals surface area contributed by atoms with E-state index in [4.69, 9.17) is 5.73 Å². The lowest BCUT2D eigenvalue weighted by Gasteiger charge is -2.02. The van der Waals surface area contributed by atoms with E-state index < -0.39 is 34.2 Å². The van der Waals surface area contributed by atoms with Gasteiger partial charge in [0, 0.05) is 11.1 Å². The summed E-state index contributed by atoms with van der Waals surface area (Å²) in [6.07, 6.45) is 1.38.